The van der Waals surface area contributed by atoms with E-state index in [1.807, 2.05) is 13.8 Å². The second kappa shape index (κ2) is 4.28. The average molecular weight is 185 g/mol. The molecule has 0 aromatic carbocycles. The Morgan fingerprint density at radius 3 is 2.50 bits per heavy atom. The number of hydrogen-bond donors (Lipinski definition) is 1. The molecule has 0 fully saturated rings. The van der Waals surface area contributed by atoms with E-state index in [4.69, 9.17) is 11.8 Å². The third kappa shape index (κ3) is 5.17. The molecule has 0 heterocycles. The SMILES string of the molecule is CC(C)(CCS(=O)[O-])NCl. The first-order valence-corrected chi connectivity index (χ1v) is 4.54. The van der Waals surface area contributed by atoms with Gasteiger partial charge in [0.15, 0.2) is 0 Å². The Balaban J connectivity index is 3.56. The van der Waals surface area contributed by atoms with Crippen LogP contribution < -0.4 is 4.84 Å². The van der Waals surface area contributed by atoms with Gasteiger partial charge < -0.3 is 4.55 Å². The van der Waals surface area contributed by atoms with Gasteiger partial charge in [0.2, 0.25) is 0 Å². The second-order valence-corrected chi connectivity index (χ2v) is 3.94. The molecule has 3 nitrogen and oxygen atoms in total. The highest BCUT2D eigenvalue weighted by atomic mass is 35.5. The van der Waals surface area contributed by atoms with Crippen LogP contribution >= 0.6 is 11.8 Å². The summed E-state index contributed by atoms with van der Waals surface area (Å²) >= 11 is 3.36. The minimum atomic E-state index is -1.96. The largest absolute Gasteiger partial charge is 0.772 e. The predicted molar refractivity (Wildman–Crippen MR) is 41.5 cm³/mol. The van der Waals surface area contributed by atoms with E-state index in [1.54, 1.807) is 0 Å². The van der Waals surface area contributed by atoms with E-state index in [-0.39, 0.29) is 11.3 Å². The molecule has 5 heteroatoms. The van der Waals surface area contributed by atoms with Crippen molar-refractivity contribution in [1.82, 2.24) is 4.84 Å². The highest BCUT2D eigenvalue weighted by Crippen LogP contribution is 2.08. The molecule has 10 heavy (non-hydrogen) atoms. The van der Waals surface area contributed by atoms with Crippen molar-refractivity contribution in [3.63, 3.8) is 0 Å². The molecule has 0 radical (unpaired) electrons. The second-order valence-electron chi connectivity index (χ2n) is 2.74. The smallest absolute Gasteiger partial charge is 0.0283 e. The van der Waals surface area contributed by atoms with Gasteiger partial charge in [0, 0.05) is 11.3 Å². The lowest BCUT2D eigenvalue weighted by Gasteiger charge is -2.22. The molecule has 0 spiro atoms. The Morgan fingerprint density at radius 2 is 2.20 bits per heavy atom. The number of rotatable bonds is 4. The fourth-order valence-electron chi connectivity index (χ4n) is 0.386. The van der Waals surface area contributed by atoms with Crippen LogP contribution in [0.5, 0.6) is 0 Å². The Labute approximate surface area is 68.5 Å². The zero-order valence-electron chi connectivity index (χ0n) is 6.02. The number of nitrogens with one attached hydrogen (secondary N) is 1. The van der Waals surface area contributed by atoms with E-state index in [1.165, 1.54) is 0 Å². The third-order valence-electron chi connectivity index (χ3n) is 1.15. The third-order valence-corrected chi connectivity index (χ3v) is 2.20. The maximum Gasteiger partial charge on any atom is 0.0283 e. The number of halogens is 1. The van der Waals surface area contributed by atoms with Gasteiger partial charge in [-0.15, -0.1) is 0 Å². The van der Waals surface area contributed by atoms with Gasteiger partial charge in [-0.3, -0.25) is 4.21 Å². The minimum Gasteiger partial charge on any atom is -0.772 e. The van der Waals surface area contributed by atoms with Crippen LogP contribution in [0.1, 0.15) is 20.3 Å². The van der Waals surface area contributed by atoms with Gasteiger partial charge in [-0.05, 0) is 32.0 Å². The Morgan fingerprint density at radius 1 is 1.70 bits per heavy atom. The molecule has 0 saturated carbocycles. The van der Waals surface area contributed by atoms with Gasteiger partial charge in [0.25, 0.3) is 0 Å². The minimum absolute atomic E-state index is 0.146. The molecule has 0 amide bonds. The molecule has 1 unspecified atom stereocenters. The summed E-state index contributed by atoms with van der Waals surface area (Å²) in [7, 11) is 0. The van der Waals surface area contributed by atoms with Crippen molar-refractivity contribution in [3.05, 3.63) is 0 Å². The summed E-state index contributed by atoms with van der Waals surface area (Å²) in [6, 6.07) is 0. The summed E-state index contributed by atoms with van der Waals surface area (Å²) in [4.78, 5) is 2.50. The van der Waals surface area contributed by atoms with Crippen molar-refractivity contribution in [1.29, 1.82) is 0 Å². The van der Waals surface area contributed by atoms with E-state index < -0.39 is 11.1 Å². The van der Waals surface area contributed by atoms with Gasteiger partial charge in [-0.1, -0.05) is 11.1 Å². The molecular weight excluding hydrogens is 174 g/mol. The first kappa shape index (κ1) is 10.4. The monoisotopic (exact) mass is 184 g/mol. The van der Waals surface area contributed by atoms with E-state index >= 15 is 0 Å². The predicted octanol–water partition coefficient (Wildman–Crippen LogP) is 0.778. The van der Waals surface area contributed by atoms with Crippen LogP contribution in [-0.2, 0) is 11.1 Å². The van der Waals surface area contributed by atoms with Crippen LogP contribution in [0.3, 0.4) is 0 Å². The van der Waals surface area contributed by atoms with Crippen molar-refractivity contribution in [2.45, 2.75) is 25.8 Å². The highest BCUT2D eigenvalue weighted by molar-refractivity contribution is 7.79. The molecule has 0 aliphatic heterocycles. The summed E-state index contributed by atoms with van der Waals surface area (Å²) in [5, 5.41) is 0. The van der Waals surface area contributed by atoms with Crippen molar-refractivity contribution in [2.24, 2.45) is 0 Å². The van der Waals surface area contributed by atoms with Gasteiger partial charge in [-0.2, -0.15) is 0 Å². The first-order valence-electron chi connectivity index (χ1n) is 2.91. The zero-order chi connectivity index (χ0) is 8.20. The lowest BCUT2D eigenvalue weighted by atomic mass is 10.0. The maximum atomic E-state index is 10.1. The Hall–Kier alpha value is 0.360. The van der Waals surface area contributed by atoms with E-state index in [9.17, 15) is 8.76 Å². The van der Waals surface area contributed by atoms with Crippen LogP contribution in [0.4, 0.5) is 0 Å². The standard InChI is InChI=1S/C5H12ClNO2S/c1-5(2,7-6)3-4-10(8)9/h7H,3-4H2,1-2H3,(H,8,9)/p-1. The fraction of sp³-hybridized carbons (Fsp3) is 1.00. The van der Waals surface area contributed by atoms with Gasteiger partial charge in [-0.25, -0.2) is 4.84 Å². The summed E-state index contributed by atoms with van der Waals surface area (Å²) < 4.78 is 20.2. The molecule has 0 aliphatic rings. The molecule has 0 aliphatic carbocycles. The summed E-state index contributed by atoms with van der Waals surface area (Å²) in [6.45, 7) is 3.68. The lowest BCUT2D eigenvalue weighted by Crippen LogP contribution is -2.33. The van der Waals surface area contributed by atoms with E-state index in [2.05, 4.69) is 4.84 Å². The Kier molecular flexibility index (Phi) is 4.44. The summed E-state index contributed by atoms with van der Waals surface area (Å²) in [5.41, 5.74) is -0.304. The normalized spacial score (nSPS) is 15.2. The molecule has 0 aromatic heterocycles. The van der Waals surface area contributed by atoms with Crippen molar-refractivity contribution < 1.29 is 8.76 Å². The van der Waals surface area contributed by atoms with Crippen molar-refractivity contribution >= 4 is 22.9 Å². The van der Waals surface area contributed by atoms with Crippen LogP contribution in [0.2, 0.25) is 0 Å². The van der Waals surface area contributed by atoms with E-state index in [0.29, 0.717) is 6.42 Å². The molecule has 0 bridgehead atoms. The van der Waals surface area contributed by atoms with Crippen LogP contribution in [0, 0.1) is 0 Å². The van der Waals surface area contributed by atoms with Crippen molar-refractivity contribution in [2.75, 3.05) is 5.75 Å². The quantitative estimate of drug-likeness (QED) is 0.519. The molecule has 0 rings (SSSR count). The van der Waals surface area contributed by atoms with Crippen LogP contribution in [0.15, 0.2) is 0 Å². The molecule has 0 aromatic rings. The lowest BCUT2D eigenvalue weighted by molar-refractivity contribution is 0.450. The van der Waals surface area contributed by atoms with Crippen LogP contribution in [0.25, 0.3) is 0 Å². The maximum absolute atomic E-state index is 10.1. The number of hydrogen-bond acceptors (Lipinski definition) is 3. The highest BCUT2D eigenvalue weighted by Gasteiger charge is 2.14. The van der Waals surface area contributed by atoms with Gasteiger partial charge in [0.1, 0.15) is 0 Å². The van der Waals surface area contributed by atoms with Crippen LogP contribution in [-0.4, -0.2) is 20.1 Å². The summed E-state index contributed by atoms with van der Waals surface area (Å²) in [5.74, 6) is 0.146. The average Bonchev–Trinajstić information content (AvgIpc) is 1.85. The molecule has 0 saturated heterocycles. The summed E-state index contributed by atoms with van der Waals surface area (Å²) in [6.07, 6.45) is 0.520. The Bertz CT molecular complexity index is 129. The molecule has 62 valence electrons. The van der Waals surface area contributed by atoms with E-state index in [0.717, 1.165) is 0 Å². The van der Waals surface area contributed by atoms with Crippen molar-refractivity contribution in [3.8, 4) is 0 Å². The van der Waals surface area contributed by atoms with Gasteiger partial charge in [0.05, 0.1) is 0 Å². The van der Waals surface area contributed by atoms with Gasteiger partial charge >= 0.3 is 0 Å². The first-order chi connectivity index (χ1) is 4.48. The zero-order valence-corrected chi connectivity index (χ0v) is 7.59. The molecule has 1 N–H and O–H groups in total. The fourth-order valence-corrected chi connectivity index (χ4v) is 1.16. The topological polar surface area (TPSA) is 52.2 Å². The molecule has 1 atom stereocenters. The molecular formula is C5H11ClNO2S-.